The van der Waals surface area contributed by atoms with E-state index in [1.54, 1.807) is 12.1 Å². The van der Waals surface area contributed by atoms with Gasteiger partial charge in [-0.1, -0.05) is 35.9 Å². The molecule has 2 aromatic carbocycles. The normalized spacial score (nSPS) is 22.5. The first-order valence-corrected chi connectivity index (χ1v) is 8.97. The highest BCUT2D eigenvalue weighted by Crippen LogP contribution is 2.51. The van der Waals surface area contributed by atoms with Gasteiger partial charge in [-0.15, -0.1) is 0 Å². The molecule has 3 atom stereocenters. The van der Waals surface area contributed by atoms with E-state index in [4.69, 9.17) is 16.3 Å². The van der Waals surface area contributed by atoms with E-state index in [-0.39, 0.29) is 23.6 Å². The summed E-state index contributed by atoms with van der Waals surface area (Å²) < 4.78 is 4.92. The summed E-state index contributed by atoms with van der Waals surface area (Å²) in [6.45, 7) is 0. The highest BCUT2D eigenvalue weighted by molar-refractivity contribution is 6.31. The fourth-order valence-electron chi connectivity index (χ4n) is 4.09. The van der Waals surface area contributed by atoms with Crippen LogP contribution in [-0.2, 0) is 4.74 Å². The molecule has 1 aliphatic carbocycles. The molecular weight excluding hydrogens is 368 g/mol. The number of nitrogens with zero attached hydrogens (tertiary/aromatic N) is 1. The molecule has 0 unspecified atom stereocenters. The lowest BCUT2D eigenvalue weighted by Crippen LogP contribution is -2.30. The summed E-state index contributed by atoms with van der Waals surface area (Å²) in [4.78, 5) is 23.0. The van der Waals surface area contributed by atoms with Crippen molar-refractivity contribution in [2.75, 3.05) is 12.4 Å². The number of para-hydroxylation sites is 1. The predicted molar refractivity (Wildman–Crippen MR) is 102 cm³/mol. The molecule has 0 radical (unpaired) electrons. The van der Waals surface area contributed by atoms with Crippen LogP contribution in [0.1, 0.15) is 39.9 Å². The zero-order valence-electron chi connectivity index (χ0n) is 14.5. The molecule has 1 heterocycles. The summed E-state index contributed by atoms with van der Waals surface area (Å²) in [5.74, 6) is -0.167. The third-order valence-corrected chi connectivity index (χ3v) is 5.67. The predicted octanol–water partition coefficient (Wildman–Crippen LogP) is 4.86. The number of ether oxygens (including phenoxy) is 1. The Morgan fingerprint density at radius 1 is 1.30 bits per heavy atom. The number of nitrogens with one attached hydrogen (secondary N) is 1. The van der Waals surface area contributed by atoms with Crippen LogP contribution in [0.4, 0.5) is 11.4 Å². The number of esters is 1. The first-order chi connectivity index (χ1) is 13.0. The maximum absolute atomic E-state index is 12.2. The Morgan fingerprint density at radius 3 is 2.85 bits per heavy atom. The second-order valence-electron chi connectivity index (χ2n) is 6.70. The Bertz CT molecular complexity index is 972. The average Bonchev–Trinajstić information content (AvgIpc) is 3.16. The lowest BCUT2D eigenvalue weighted by molar-refractivity contribution is -0.384. The summed E-state index contributed by atoms with van der Waals surface area (Å²) in [5.41, 5.74) is 2.82. The number of anilines is 1. The number of non-ortho nitro benzene ring substituents is 1. The van der Waals surface area contributed by atoms with Crippen molar-refractivity contribution in [2.45, 2.75) is 18.4 Å². The highest BCUT2D eigenvalue weighted by atomic mass is 35.5. The van der Waals surface area contributed by atoms with Crippen molar-refractivity contribution in [3.05, 3.63) is 80.4 Å². The van der Waals surface area contributed by atoms with E-state index in [9.17, 15) is 14.9 Å². The molecule has 2 aliphatic rings. The van der Waals surface area contributed by atoms with Crippen LogP contribution < -0.4 is 5.32 Å². The van der Waals surface area contributed by atoms with Crippen LogP contribution >= 0.6 is 11.6 Å². The number of nitro groups is 1. The van der Waals surface area contributed by atoms with Gasteiger partial charge in [0.15, 0.2) is 0 Å². The van der Waals surface area contributed by atoms with Gasteiger partial charge in [0.1, 0.15) is 0 Å². The van der Waals surface area contributed by atoms with Gasteiger partial charge in [-0.2, -0.15) is 0 Å². The Balaban J connectivity index is 1.85. The largest absolute Gasteiger partial charge is 0.465 e. The Kier molecular flexibility index (Phi) is 4.36. The van der Waals surface area contributed by atoms with Gasteiger partial charge in [0.05, 0.1) is 29.3 Å². The monoisotopic (exact) mass is 384 g/mol. The molecule has 4 rings (SSSR count). The van der Waals surface area contributed by atoms with E-state index in [1.165, 1.54) is 19.2 Å². The number of benzene rings is 2. The molecule has 6 nitrogen and oxygen atoms in total. The SMILES string of the molecule is COC(=O)c1cccc2c1N[C@H](c1cc([N+](=O)[O-])ccc1Cl)[C@@H]1CC=C[C@H]21. The number of nitro benzene ring substituents is 1. The lowest BCUT2D eigenvalue weighted by Gasteiger charge is -2.38. The van der Waals surface area contributed by atoms with Crippen LogP contribution in [-0.4, -0.2) is 18.0 Å². The average molecular weight is 385 g/mol. The van der Waals surface area contributed by atoms with E-state index in [0.717, 1.165) is 12.0 Å². The number of rotatable bonds is 3. The Hall–Kier alpha value is -2.86. The number of hydrogen-bond donors (Lipinski definition) is 1. The van der Waals surface area contributed by atoms with Crippen LogP contribution in [0, 0.1) is 16.0 Å². The highest BCUT2D eigenvalue weighted by Gasteiger charge is 2.40. The van der Waals surface area contributed by atoms with Gasteiger partial charge >= 0.3 is 5.97 Å². The maximum Gasteiger partial charge on any atom is 0.339 e. The molecule has 0 amide bonds. The van der Waals surface area contributed by atoms with Crippen molar-refractivity contribution in [2.24, 2.45) is 5.92 Å². The van der Waals surface area contributed by atoms with Crippen LogP contribution in [0.25, 0.3) is 0 Å². The molecule has 1 N–H and O–H groups in total. The fourth-order valence-corrected chi connectivity index (χ4v) is 4.33. The van der Waals surface area contributed by atoms with Gasteiger partial charge < -0.3 is 10.1 Å². The number of fused-ring (bicyclic) bond motifs is 3. The van der Waals surface area contributed by atoms with Gasteiger partial charge in [0, 0.05) is 28.6 Å². The van der Waals surface area contributed by atoms with E-state index >= 15 is 0 Å². The molecule has 0 bridgehead atoms. The number of carbonyl (C=O) groups excluding carboxylic acids is 1. The van der Waals surface area contributed by atoms with Crippen LogP contribution in [0.2, 0.25) is 5.02 Å². The van der Waals surface area contributed by atoms with Crippen molar-refractivity contribution in [3.8, 4) is 0 Å². The third-order valence-electron chi connectivity index (χ3n) is 5.33. The number of carbonyl (C=O) groups is 1. The number of allylic oxidation sites excluding steroid dienone is 2. The van der Waals surface area contributed by atoms with Crippen molar-refractivity contribution in [3.63, 3.8) is 0 Å². The van der Waals surface area contributed by atoms with Gasteiger partial charge in [-0.3, -0.25) is 10.1 Å². The van der Waals surface area contributed by atoms with Crippen molar-refractivity contribution in [1.29, 1.82) is 0 Å². The zero-order chi connectivity index (χ0) is 19.1. The molecule has 7 heteroatoms. The van der Waals surface area contributed by atoms with Crippen molar-refractivity contribution < 1.29 is 14.5 Å². The van der Waals surface area contributed by atoms with Crippen LogP contribution in [0.15, 0.2) is 48.6 Å². The smallest absolute Gasteiger partial charge is 0.339 e. The minimum Gasteiger partial charge on any atom is -0.465 e. The summed E-state index contributed by atoms with van der Waals surface area (Å²) in [5, 5.41) is 15.1. The number of hydrogen-bond acceptors (Lipinski definition) is 5. The molecule has 1 aliphatic heterocycles. The van der Waals surface area contributed by atoms with Crippen molar-refractivity contribution >= 4 is 28.9 Å². The maximum atomic E-state index is 12.2. The molecule has 0 spiro atoms. The number of halogens is 1. The second-order valence-corrected chi connectivity index (χ2v) is 7.11. The van der Waals surface area contributed by atoms with Crippen LogP contribution in [0.3, 0.4) is 0 Å². The quantitative estimate of drug-likeness (QED) is 0.353. The summed E-state index contributed by atoms with van der Waals surface area (Å²) in [6.07, 6.45) is 5.06. The molecule has 27 heavy (non-hydrogen) atoms. The topological polar surface area (TPSA) is 81.5 Å². The molecule has 138 valence electrons. The molecule has 2 aromatic rings. The van der Waals surface area contributed by atoms with Gasteiger partial charge in [0.2, 0.25) is 0 Å². The molecule has 0 saturated heterocycles. The van der Waals surface area contributed by atoms with Gasteiger partial charge in [-0.05, 0) is 30.0 Å². The third kappa shape index (κ3) is 2.86. The first-order valence-electron chi connectivity index (χ1n) is 8.59. The zero-order valence-corrected chi connectivity index (χ0v) is 15.3. The fraction of sp³-hybridized carbons (Fsp3) is 0.250. The molecule has 0 aromatic heterocycles. The van der Waals surface area contributed by atoms with E-state index in [0.29, 0.717) is 21.8 Å². The Labute approximate surface area is 160 Å². The lowest BCUT2D eigenvalue weighted by atomic mass is 9.76. The summed E-state index contributed by atoms with van der Waals surface area (Å²) >= 11 is 6.41. The molecule has 0 saturated carbocycles. The molecular formula is C20H17ClN2O4. The van der Waals surface area contributed by atoms with Gasteiger partial charge in [0.25, 0.3) is 5.69 Å². The minimum absolute atomic E-state index is 0.00856. The first kappa shape index (κ1) is 17.5. The standard InChI is InChI=1S/C20H17ClN2O4/c1-27-20(24)15-7-3-6-13-12-4-2-5-14(12)19(22-18(13)15)16-10-11(23(25)26)8-9-17(16)21/h2-4,6-10,12,14,19,22H,5H2,1H3/t12-,14-,19+/m1/s1. The number of methoxy groups -OCH3 is 1. The van der Waals surface area contributed by atoms with E-state index in [1.807, 2.05) is 12.1 Å². The van der Waals surface area contributed by atoms with Gasteiger partial charge in [-0.25, -0.2) is 4.79 Å². The summed E-state index contributed by atoms with van der Waals surface area (Å²) in [6, 6.07) is 9.76. The minimum atomic E-state index is -0.430. The van der Waals surface area contributed by atoms with Crippen LogP contribution in [0.5, 0.6) is 0 Å². The van der Waals surface area contributed by atoms with E-state index < -0.39 is 10.9 Å². The second kappa shape index (κ2) is 6.70. The molecule has 0 fully saturated rings. The van der Waals surface area contributed by atoms with Crippen molar-refractivity contribution in [1.82, 2.24) is 0 Å². The Morgan fingerprint density at radius 2 is 2.11 bits per heavy atom. The summed E-state index contributed by atoms with van der Waals surface area (Å²) in [7, 11) is 1.34. The van der Waals surface area contributed by atoms with E-state index in [2.05, 4.69) is 17.5 Å².